The van der Waals surface area contributed by atoms with Gasteiger partial charge >= 0.3 is 18.2 Å². The van der Waals surface area contributed by atoms with E-state index >= 15 is 0 Å². The van der Waals surface area contributed by atoms with E-state index in [1.165, 1.54) is 0 Å². The smallest absolute Gasteiger partial charge is 0.410 e. The summed E-state index contributed by atoms with van der Waals surface area (Å²) in [6.07, 6.45) is -0.930. The molecule has 9 nitrogen and oxygen atoms in total. The Morgan fingerprint density at radius 3 is 2.26 bits per heavy atom. The number of carbonyl (C=O) groups excluding carboxylic acids is 3. The number of carbonyl (C=O) groups is 3. The Kier molecular flexibility index (Phi) is 7.81. The van der Waals surface area contributed by atoms with Crippen molar-refractivity contribution in [2.24, 2.45) is 0 Å². The molecule has 2 aliphatic heterocycles. The number of ether oxygens (including phenoxy) is 4. The van der Waals surface area contributed by atoms with E-state index < -0.39 is 29.8 Å². The van der Waals surface area contributed by atoms with Gasteiger partial charge in [-0.05, 0) is 71.1 Å². The van der Waals surface area contributed by atoms with Crippen LogP contribution < -0.4 is 4.74 Å². The molecule has 0 aromatic heterocycles. The number of halogens is 1. The molecule has 224 valence electrons. The quantitative estimate of drug-likeness (QED) is 0.234. The highest BCUT2D eigenvalue weighted by Crippen LogP contribution is 2.44. The molecule has 0 spiro atoms. The van der Waals surface area contributed by atoms with Gasteiger partial charge in [-0.3, -0.25) is 4.90 Å². The Balaban J connectivity index is 1.20. The predicted octanol–water partition coefficient (Wildman–Crippen LogP) is 6.37. The van der Waals surface area contributed by atoms with Crippen molar-refractivity contribution in [1.82, 2.24) is 9.80 Å². The van der Waals surface area contributed by atoms with Crippen LogP contribution in [0, 0.1) is 0 Å². The van der Waals surface area contributed by atoms with Crippen LogP contribution in [0.4, 0.5) is 9.59 Å². The van der Waals surface area contributed by atoms with Crippen molar-refractivity contribution < 1.29 is 33.3 Å². The Morgan fingerprint density at radius 1 is 0.907 bits per heavy atom. The highest BCUT2D eigenvalue weighted by atomic mass is 79.9. The predicted molar refractivity (Wildman–Crippen MR) is 162 cm³/mol. The number of hydrogen-bond donors (Lipinski definition) is 0. The second-order valence-electron chi connectivity index (χ2n) is 11.9. The molecule has 1 aliphatic carbocycles. The van der Waals surface area contributed by atoms with E-state index in [1.54, 1.807) is 21.9 Å². The molecule has 6 rings (SSSR count). The summed E-state index contributed by atoms with van der Waals surface area (Å²) in [7, 11) is 0. The first-order valence-corrected chi connectivity index (χ1v) is 15.1. The van der Waals surface area contributed by atoms with Crippen molar-refractivity contribution in [2.45, 2.75) is 44.9 Å². The van der Waals surface area contributed by atoms with Crippen LogP contribution >= 0.6 is 15.9 Å². The average Bonchev–Trinajstić information content (AvgIpc) is 3.52. The monoisotopic (exact) mass is 648 g/mol. The minimum Gasteiger partial charge on any atom is -0.490 e. The maximum absolute atomic E-state index is 13.6. The Morgan fingerprint density at radius 2 is 1.58 bits per heavy atom. The number of piperazine rings is 1. The molecule has 3 aromatic carbocycles. The number of hydrogen-bond acceptors (Lipinski definition) is 7. The molecule has 0 bridgehead atoms. The third kappa shape index (κ3) is 5.80. The second kappa shape index (κ2) is 11.6. The fourth-order valence-electron chi connectivity index (χ4n) is 5.89. The number of rotatable bonds is 5. The SMILES string of the molecule is CC(C)(C)OC(=O)N1CCN(C(=O)OCC2c3ccccc3-c3ccccc32)[C@@H](COc2c(Br)ccc3c2COC3=O)C1. The summed E-state index contributed by atoms with van der Waals surface area (Å²) in [5.74, 6) is 0.00103. The van der Waals surface area contributed by atoms with Crippen molar-refractivity contribution in [3.05, 3.63) is 87.4 Å². The van der Waals surface area contributed by atoms with Gasteiger partial charge in [-0.1, -0.05) is 48.5 Å². The number of cyclic esters (lactones) is 1. The van der Waals surface area contributed by atoms with Crippen molar-refractivity contribution in [3.8, 4) is 16.9 Å². The highest BCUT2D eigenvalue weighted by Gasteiger charge is 2.37. The molecular weight excluding hydrogens is 616 g/mol. The first-order valence-electron chi connectivity index (χ1n) is 14.3. The van der Waals surface area contributed by atoms with E-state index in [9.17, 15) is 14.4 Å². The zero-order valence-electron chi connectivity index (χ0n) is 24.3. The molecule has 3 aliphatic rings. The summed E-state index contributed by atoms with van der Waals surface area (Å²) in [5.41, 5.74) is 5.00. The Hall–Kier alpha value is -4.05. The fourth-order valence-corrected chi connectivity index (χ4v) is 6.38. The molecule has 1 saturated heterocycles. The van der Waals surface area contributed by atoms with Crippen LogP contribution in [-0.2, 0) is 20.8 Å². The first-order chi connectivity index (χ1) is 20.6. The van der Waals surface area contributed by atoms with Gasteiger partial charge in [-0.25, -0.2) is 14.4 Å². The van der Waals surface area contributed by atoms with Gasteiger partial charge in [0.25, 0.3) is 0 Å². The molecule has 0 saturated carbocycles. The second-order valence-corrected chi connectivity index (χ2v) is 12.7. The van der Waals surface area contributed by atoms with Crippen LogP contribution in [0.3, 0.4) is 0 Å². The summed E-state index contributed by atoms with van der Waals surface area (Å²) in [6, 6.07) is 19.3. The van der Waals surface area contributed by atoms with Crippen LogP contribution in [0.1, 0.15) is 53.7 Å². The summed E-state index contributed by atoms with van der Waals surface area (Å²) in [4.78, 5) is 41.9. The summed E-state index contributed by atoms with van der Waals surface area (Å²) >= 11 is 3.51. The third-order valence-electron chi connectivity index (χ3n) is 7.91. The van der Waals surface area contributed by atoms with Gasteiger partial charge in [0, 0.05) is 31.1 Å². The van der Waals surface area contributed by atoms with Crippen LogP contribution in [0.15, 0.2) is 65.1 Å². The number of fused-ring (bicyclic) bond motifs is 4. The summed E-state index contributed by atoms with van der Waals surface area (Å²) in [5, 5.41) is 0. The molecule has 1 fully saturated rings. The minimum absolute atomic E-state index is 0.0622. The molecular formula is C33H33BrN2O7. The standard InChI is InChI=1S/C33H33BrN2O7/c1-33(2,3)43-31(38)35-14-15-36(20(16-35)17-40-29-27-19-41-30(37)25(27)12-13-28(29)34)32(39)42-18-26-23-10-6-4-8-21(23)22-9-5-7-11-24(22)26/h4-13,20,26H,14-19H2,1-3H3/t20-/m1/s1. The zero-order chi connectivity index (χ0) is 30.3. The van der Waals surface area contributed by atoms with Crippen molar-refractivity contribution in [2.75, 3.05) is 32.8 Å². The van der Waals surface area contributed by atoms with Crippen molar-refractivity contribution in [1.29, 1.82) is 0 Å². The number of esters is 1. The van der Waals surface area contributed by atoms with Gasteiger partial charge in [-0.15, -0.1) is 0 Å². The zero-order valence-corrected chi connectivity index (χ0v) is 25.9. The maximum atomic E-state index is 13.6. The van der Waals surface area contributed by atoms with Gasteiger partial charge in [0.2, 0.25) is 0 Å². The molecule has 2 amide bonds. The summed E-state index contributed by atoms with van der Waals surface area (Å²) < 4.78 is 23.7. The summed E-state index contributed by atoms with van der Waals surface area (Å²) in [6.45, 7) is 6.54. The van der Waals surface area contributed by atoms with Crippen LogP contribution in [0.25, 0.3) is 11.1 Å². The van der Waals surface area contributed by atoms with Crippen LogP contribution in [0.5, 0.6) is 5.75 Å². The van der Waals surface area contributed by atoms with Gasteiger partial charge in [0.1, 0.15) is 31.2 Å². The lowest BCUT2D eigenvalue weighted by Crippen LogP contribution is -2.59. The van der Waals surface area contributed by atoms with Gasteiger partial charge in [0.05, 0.1) is 16.1 Å². The van der Waals surface area contributed by atoms with Crippen molar-refractivity contribution >= 4 is 34.1 Å². The molecule has 1 atom stereocenters. The first kappa shape index (κ1) is 29.0. The number of amides is 2. The third-order valence-corrected chi connectivity index (χ3v) is 8.53. The Labute approximate surface area is 258 Å². The van der Waals surface area contributed by atoms with Gasteiger partial charge in [-0.2, -0.15) is 0 Å². The van der Waals surface area contributed by atoms with Crippen LogP contribution in [-0.4, -0.2) is 72.4 Å². The van der Waals surface area contributed by atoms with E-state index in [2.05, 4.69) is 40.2 Å². The lowest BCUT2D eigenvalue weighted by atomic mass is 9.98. The topological polar surface area (TPSA) is 94.6 Å². The van der Waals surface area contributed by atoms with E-state index in [1.807, 2.05) is 45.0 Å². The van der Waals surface area contributed by atoms with E-state index in [0.29, 0.717) is 27.9 Å². The number of nitrogens with zero attached hydrogens (tertiary/aromatic N) is 2. The molecule has 0 radical (unpaired) electrons. The fraction of sp³-hybridized carbons (Fsp3) is 0.364. The Bertz CT molecular complexity index is 1540. The molecule has 3 aromatic rings. The minimum atomic E-state index is -0.658. The molecule has 43 heavy (non-hydrogen) atoms. The van der Waals surface area contributed by atoms with E-state index in [-0.39, 0.29) is 38.8 Å². The van der Waals surface area contributed by atoms with Crippen molar-refractivity contribution in [3.63, 3.8) is 0 Å². The highest BCUT2D eigenvalue weighted by molar-refractivity contribution is 9.10. The molecule has 10 heteroatoms. The van der Waals surface area contributed by atoms with E-state index in [0.717, 1.165) is 22.3 Å². The van der Waals surface area contributed by atoms with E-state index in [4.69, 9.17) is 18.9 Å². The number of benzene rings is 3. The largest absolute Gasteiger partial charge is 0.490 e. The molecule has 0 N–H and O–H groups in total. The molecule has 2 heterocycles. The molecule has 0 unspecified atom stereocenters. The lowest BCUT2D eigenvalue weighted by molar-refractivity contribution is -0.00446. The lowest BCUT2D eigenvalue weighted by Gasteiger charge is -2.40. The average molecular weight is 650 g/mol. The van der Waals surface area contributed by atoms with Gasteiger partial charge in [0.15, 0.2) is 0 Å². The van der Waals surface area contributed by atoms with Gasteiger partial charge < -0.3 is 23.8 Å². The van der Waals surface area contributed by atoms with Crippen LogP contribution in [0.2, 0.25) is 0 Å². The maximum Gasteiger partial charge on any atom is 0.410 e. The normalized spacial score (nSPS) is 17.6.